The standard InChI is InChI=1S/C21H21N3O4S/c1-27-17-8-5-14(10-18(17)28-2)21-24-16(12-29-21)11-20(26)23-15-6-3-13(4-7-15)9-19(22)25/h3-8,10,12H,9,11H2,1-2H3,(H2,22,25)(H,23,26). The zero-order chi connectivity index (χ0) is 20.8. The Labute approximate surface area is 172 Å². The first-order valence-corrected chi connectivity index (χ1v) is 9.70. The maximum absolute atomic E-state index is 12.3. The number of ether oxygens (including phenoxy) is 2. The first-order valence-electron chi connectivity index (χ1n) is 8.82. The van der Waals surface area contributed by atoms with Gasteiger partial charge in [0.15, 0.2) is 11.5 Å². The number of aromatic nitrogens is 1. The minimum atomic E-state index is -0.393. The molecule has 0 bridgehead atoms. The Kier molecular flexibility index (Phi) is 6.46. The van der Waals surface area contributed by atoms with Gasteiger partial charge in [-0.25, -0.2) is 4.98 Å². The van der Waals surface area contributed by atoms with E-state index in [-0.39, 0.29) is 18.7 Å². The number of amides is 2. The number of nitrogens with zero attached hydrogens (tertiary/aromatic N) is 1. The third-order valence-electron chi connectivity index (χ3n) is 4.14. The third kappa shape index (κ3) is 5.32. The summed E-state index contributed by atoms with van der Waals surface area (Å²) >= 11 is 1.46. The third-order valence-corrected chi connectivity index (χ3v) is 5.08. The van der Waals surface area contributed by atoms with Crippen molar-refractivity contribution in [2.75, 3.05) is 19.5 Å². The molecule has 2 amide bonds. The maximum Gasteiger partial charge on any atom is 0.230 e. The van der Waals surface area contributed by atoms with Crippen molar-refractivity contribution < 1.29 is 19.1 Å². The summed E-state index contributed by atoms with van der Waals surface area (Å²) in [5.41, 5.74) is 8.20. The first-order chi connectivity index (χ1) is 14.0. The van der Waals surface area contributed by atoms with Crippen LogP contribution in [-0.4, -0.2) is 31.0 Å². The van der Waals surface area contributed by atoms with Crippen LogP contribution in [-0.2, 0) is 22.4 Å². The molecule has 0 aliphatic heterocycles. The number of hydrogen-bond acceptors (Lipinski definition) is 6. The monoisotopic (exact) mass is 411 g/mol. The second-order valence-corrected chi connectivity index (χ2v) is 7.14. The molecule has 0 saturated carbocycles. The summed E-state index contributed by atoms with van der Waals surface area (Å²) in [5.74, 6) is 0.709. The molecule has 1 heterocycles. The highest BCUT2D eigenvalue weighted by molar-refractivity contribution is 7.13. The second kappa shape index (κ2) is 9.20. The zero-order valence-corrected chi connectivity index (χ0v) is 16.9. The smallest absolute Gasteiger partial charge is 0.230 e. The summed E-state index contributed by atoms with van der Waals surface area (Å²) in [6, 6.07) is 12.6. The van der Waals surface area contributed by atoms with Crippen molar-refractivity contribution in [1.82, 2.24) is 4.98 Å². The van der Waals surface area contributed by atoms with Gasteiger partial charge in [0.25, 0.3) is 0 Å². The molecule has 0 fully saturated rings. The average Bonchev–Trinajstić information content (AvgIpc) is 3.16. The molecule has 3 aromatic rings. The van der Waals surface area contributed by atoms with E-state index in [1.807, 2.05) is 23.6 Å². The molecule has 7 nitrogen and oxygen atoms in total. The summed E-state index contributed by atoms with van der Waals surface area (Å²) in [6.07, 6.45) is 0.332. The molecule has 3 N–H and O–H groups in total. The fourth-order valence-electron chi connectivity index (χ4n) is 2.77. The van der Waals surface area contributed by atoms with Gasteiger partial charge in [-0.3, -0.25) is 9.59 Å². The van der Waals surface area contributed by atoms with Crippen LogP contribution < -0.4 is 20.5 Å². The summed E-state index contributed by atoms with van der Waals surface area (Å²) < 4.78 is 10.6. The van der Waals surface area contributed by atoms with Gasteiger partial charge in [0.2, 0.25) is 11.8 Å². The van der Waals surface area contributed by atoms with Crippen molar-refractivity contribution in [1.29, 1.82) is 0 Å². The van der Waals surface area contributed by atoms with Crippen LogP contribution in [0.1, 0.15) is 11.3 Å². The normalized spacial score (nSPS) is 10.4. The number of rotatable bonds is 8. The van der Waals surface area contributed by atoms with Gasteiger partial charge in [0.1, 0.15) is 5.01 Å². The van der Waals surface area contributed by atoms with E-state index in [0.29, 0.717) is 22.9 Å². The fraction of sp³-hybridized carbons (Fsp3) is 0.190. The largest absolute Gasteiger partial charge is 0.493 e. The molecule has 3 rings (SSSR count). The molecule has 0 saturated heterocycles. The lowest BCUT2D eigenvalue weighted by molar-refractivity contribution is -0.117. The van der Waals surface area contributed by atoms with Gasteiger partial charge < -0.3 is 20.5 Å². The van der Waals surface area contributed by atoms with E-state index in [0.717, 1.165) is 16.1 Å². The highest BCUT2D eigenvalue weighted by Gasteiger charge is 2.12. The summed E-state index contributed by atoms with van der Waals surface area (Å²) in [4.78, 5) is 27.8. The predicted octanol–water partition coefficient (Wildman–Crippen LogP) is 3.04. The summed E-state index contributed by atoms with van der Waals surface area (Å²) in [7, 11) is 3.17. The van der Waals surface area contributed by atoms with Gasteiger partial charge in [-0.05, 0) is 35.9 Å². The Morgan fingerprint density at radius 3 is 2.41 bits per heavy atom. The molecule has 8 heteroatoms. The van der Waals surface area contributed by atoms with Crippen molar-refractivity contribution >= 4 is 28.8 Å². The molecule has 0 radical (unpaired) electrons. The van der Waals surface area contributed by atoms with Crippen LogP contribution in [0.3, 0.4) is 0 Å². The predicted molar refractivity (Wildman–Crippen MR) is 112 cm³/mol. The molecule has 0 aliphatic carbocycles. The molecule has 0 spiro atoms. The van der Waals surface area contributed by atoms with Crippen molar-refractivity contribution in [2.45, 2.75) is 12.8 Å². The number of benzene rings is 2. The van der Waals surface area contributed by atoms with Gasteiger partial charge in [0, 0.05) is 16.6 Å². The Bertz CT molecular complexity index is 1020. The molecule has 29 heavy (non-hydrogen) atoms. The molecule has 0 aliphatic rings. The van der Waals surface area contributed by atoms with Crippen molar-refractivity contribution in [3.05, 3.63) is 59.1 Å². The minimum Gasteiger partial charge on any atom is -0.493 e. The van der Waals surface area contributed by atoms with Crippen LogP contribution in [0.25, 0.3) is 10.6 Å². The van der Waals surface area contributed by atoms with Crippen LogP contribution in [0.5, 0.6) is 11.5 Å². The molecule has 150 valence electrons. The topological polar surface area (TPSA) is 104 Å². The zero-order valence-electron chi connectivity index (χ0n) is 16.1. The van der Waals surface area contributed by atoms with E-state index in [2.05, 4.69) is 10.3 Å². The number of methoxy groups -OCH3 is 2. The van der Waals surface area contributed by atoms with Gasteiger partial charge in [-0.15, -0.1) is 11.3 Å². The molecule has 0 unspecified atom stereocenters. The SMILES string of the molecule is COc1ccc(-c2nc(CC(=O)Nc3ccc(CC(N)=O)cc3)cs2)cc1OC. The number of carbonyl (C=O) groups excluding carboxylic acids is 2. The number of primary amides is 1. The van der Waals surface area contributed by atoms with Crippen molar-refractivity contribution in [3.63, 3.8) is 0 Å². The first kappa shape index (κ1) is 20.3. The minimum absolute atomic E-state index is 0.160. The lowest BCUT2D eigenvalue weighted by Gasteiger charge is -2.08. The van der Waals surface area contributed by atoms with Crippen LogP contribution in [0.2, 0.25) is 0 Å². The number of thiazole rings is 1. The lowest BCUT2D eigenvalue weighted by atomic mass is 10.1. The number of nitrogens with one attached hydrogen (secondary N) is 1. The Balaban J connectivity index is 1.64. The highest BCUT2D eigenvalue weighted by atomic mass is 32.1. The highest BCUT2D eigenvalue weighted by Crippen LogP contribution is 2.33. The van der Waals surface area contributed by atoms with Gasteiger partial charge in [0.05, 0.1) is 32.8 Å². The second-order valence-electron chi connectivity index (χ2n) is 6.28. The van der Waals surface area contributed by atoms with Crippen molar-refractivity contribution in [3.8, 4) is 22.1 Å². The van der Waals surface area contributed by atoms with E-state index in [9.17, 15) is 9.59 Å². The molecular weight excluding hydrogens is 390 g/mol. The van der Waals surface area contributed by atoms with Gasteiger partial charge in [-0.1, -0.05) is 12.1 Å². The van der Waals surface area contributed by atoms with E-state index in [1.165, 1.54) is 11.3 Å². The van der Waals surface area contributed by atoms with Crippen molar-refractivity contribution in [2.24, 2.45) is 5.73 Å². The molecule has 0 atom stereocenters. The van der Waals surface area contributed by atoms with Crippen LogP contribution in [0.15, 0.2) is 47.8 Å². The lowest BCUT2D eigenvalue weighted by Crippen LogP contribution is -2.15. The maximum atomic E-state index is 12.3. The van der Waals surface area contributed by atoms with E-state index in [4.69, 9.17) is 15.2 Å². The molecular formula is C21H21N3O4S. The number of carbonyl (C=O) groups is 2. The number of nitrogens with two attached hydrogens (primary N) is 1. The van der Waals surface area contributed by atoms with Crippen LogP contribution in [0.4, 0.5) is 5.69 Å². The summed E-state index contributed by atoms with van der Waals surface area (Å²) in [6.45, 7) is 0. The molecule has 1 aromatic heterocycles. The van der Waals surface area contributed by atoms with Crippen LogP contribution in [0, 0.1) is 0 Å². The Morgan fingerprint density at radius 1 is 1.03 bits per heavy atom. The average molecular weight is 411 g/mol. The van der Waals surface area contributed by atoms with E-state index < -0.39 is 5.91 Å². The van der Waals surface area contributed by atoms with E-state index >= 15 is 0 Å². The molecule has 2 aromatic carbocycles. The van der Waals surface area contributed by atoms with E-state index in [1.54, 1.807) is 38.5 Å². The number of anilines is 1. The summed E-state index contributed by atoms with van der Waals surface area (Å²) in [5, 5.41) is 5.48. The quantitative estimate of drug-likeness (QED) is 0.593. The fourth-order valence-corrected chi connectivity index (χ4v) is 3.58. The van der Waals surface area contributed by atoms with Crippen LogP contribution >= 0.6 is 11.3 Å². The van der Waals surface area contributed by atoms with Gasteiger partial charge >= 0.3 is 0 Å². The Morgan fingerprint density at radius 2 is 1.76 bits per heavy atom. The Hall–Kier alpha value is -3.39. The van der Waals surface area contributed by atoms with Gasteiger partial charge in [-0.2, -0.15) is 0 Å². The number of hydrogen-bond donors (Lipinski definition) is 2.